The first kappa shape index (κ1) is 16.5. The van der Waals surface area contributed by atoms with Gasteiger partial charge in [0.1, 0.15) is 5.82 Å². The van der Waals surface area contributed by atoms with Gasteiger partial charge in [0, 0.05) is 32.7 Å². The summed E-state index contributed by atoms with van der Waals surface area (Å²) in [5, 5.41) is 10.7. The molecule has 0 fully saturated rings. The average molecular weight is 281 g/mol. The van der Waals surface area contributed by atoms with E-state index in [0.29, 0.717) is 13.1 Å². The van der Waals surface area contributed by atoms with Crippen LogP contribution < -0.4 is 15.5 Å². The number of nitrogens with zero attached hydrogens (tertiary/aromatic N) is 3. The van der Waals surface area contributed by atoms with E-state index in [1.54, 1.807) is 0 Å². The second-order valence-electron chi connectivity index (χ2n) is 5.00. The predicted octanol–water partition coefficient (Wildman–Crippen LogP) is 0.800. The van der Waals surface area contributed by atoms with Crippen molar-refractivity contribution in [2.45, 2.75) is 33.7 Å². The van der Waals surface area contributed by atoms with Crippen molar-refractivity contribution in [1.82, 2.24) is 20.4 Å². The highest BCUT2D eigenvalue weighted by Gasteiger charge is 2.18. The summed E-state index contributed by atoms with van der Waals surface area (Å²) in [5.74, 6) is 1.03. The molecule has 2 N–H and O–H groups in total. The van der Waals surface area contributed by atoms with Gasteiger partial charge in [-0.15, -0.1) is 0 Å². The van der Waals surface area contributed by atoms with Crippen molar-refractivity contribution in [3.05, 3.63) is 11.3 Å². The quantitative estimate of drug-likeness (QED) is 0.692. The maximum Gasteiger partial charge on any atom is 0.239 e. The zero-order valence-electron chi connectivity index (χ0n) is 13.3. The first-order chi connectivity index (χ1) is 9.51. The van der Waals surface area contributed by atoms with Crippen molar-refractivity contribution in [2.24, 2.45) is 7.05 Å². The molecule has 20 heavy (non-hydrogen) atoms. The second-order valence-corrected chi connectivity index (χ2v) is 5.00. The van der Waals surface area contributed by atoms with Crippen LogP contribution in [-0.2, 0) is 18.4 Å². The van der Waals surface area contributed by atoms with Gasteiger partial charge in [-0.05, 0) is 26.8 Å². The van der Waals surface area contributed by atoms with Crippen LogP contribution in [0.1, 0.15) is 31.5 Å². The Morgan fingerprint density at radius 3 is 2.70 bits per heavy atom. The number of amides is 1. The van der Waals surface area contributed by atoms with Crippen molar-refractivity contribution >= 4 is 11.7 Å². The number of aromatic nitrogens is 2. The summed E-state index contributed by atoms with van der Waals surface area (Å²) in [7, 11) is 3.84. The van der Waals surface area contributed by atoms with Gasteiger partial charge in [-0.2, -0.15) is 5.10 Å². The summed E-state index contributed by atoms with van der Waals surface area (Å²) in [6.45, 7) is 8.83. The maximum atomic E-state index is 11.7. The van der Waals surface area contributed by atoms with Crippen LogP contribution in [0.4, 0.5) is 5.82 Å². The molecule has 1 aromatic rings. The fourth-order valence-electron chi connectivity index (χ4n) is 2.31. The van der Waals surface area contributed by atoms with Gasteiger partial charge < -0.3 is 15.5 Å². The van der Waals surface area contributed by atoms with Gasteiger partial charge in [0.2, 0.25) is 5.91 Å². The van der Waals surface area contributed by atoms with Crippen LogP contribution in [0.5, 0.6) is 0 Å². The van der Waals surface area contributed by atoms with Gasteiger partial charge in [0.15, 0.2) is 0 Å². The average Bonchev–Trinajstić information content (AvgIpc) is 2.64. The van der Waals surface area contributed by atoms with E-state index in [2.05, 4.69) is 22.7 Å². The minimum Gasteiger partial charge on any atom is -0.355 e. The van der Waals surface area contributed by atoms with Crippen LogP contribution in [-0.4, -0.2) is 42.4 Å². The molecule has 0 aliphatic carbocycles. The number of hydrogen-bond acceptors (Lipinski definition) is 4. The number of carbonyl (C=O) groups is 1. The summed E-state index contributed by atoms with van der Waals surface area (Å²) in [5.41, 5.74) is 2.17. The lowest BCUT2D eigenvalue weighted by Crippen LogP contribution is -2.36. The lowest BCUT2D eigenvalue weighted by atomic mass is 10.2. The van der Waals surface area contributed by atoms with Crippen LogP contribution >= 0.6 is 0 Å². The van der Waals surface area contributed by atoms with Gasteiger partial charge in [-0.25, -0.2) is 0 Å². The van der Waals surface area contributed by atoms with Crippen molar-refractivity contribution in [3.63, 3.8) is 0 Å². The van der Waals surface area contributed by atoms with Crippen LogP contribution in [0, 0.1) is 6.92 Å². The normalized spacial score (nSPS) is 10.7. The second kappa shape index (κ2) is 7.89. The van der Waals surface area contributed by atoms with Crippen LogP contribution in [0.2, 0.25) is 0 Å². The van der Waals surface area contributed by atoms with Gasteiger partial charge in [-0.3, -0.25) is 9.48 Å². The van der Waals surface area contributed by atoms with Crippen LogP contribution in [0.3, 0.4) is 0 Å². The molecule has 1 heterocycles. The molecular weight excluding hydrogens is 254 g/mol. The molecule has 0 aliphatic rings. The first-order valence-corrected chi connectivity index (χ1v) is 7.22. The van der Waals surface area contributed by atoms with E-state index in [9.17, 15) is 4.79 Å². The SMILES string of the molecule is CCCNCc1c(C)nn(C)c1N(C)CC(=O)NCC. The Labute approximate surface area is 121 Å². The van der Waals surface area contributed by atoms with E-state index in [-0.39, 0.29) is 5.91 Å². The fraction of sp³-hybridized carbons (Fsp3) is 0.714. The van der Waals surface area contributed by atoms with Crippen molar-refractivity contribution in [1.29, 1.82) is 0 Å². The van der Waals surface area contributed by atoms with Crippen molar-refractivity contribution in [2.75, 3.05) is 31.6 Å². The van der Waals surface area contributed by atoms with E-state index >= 15 is 0 Å². The minimum atomic E-state index is 0.0290. The Balaban J connectivity index is 2.83. The molecule has 1 aromatic heterocycles. The Bertz CT molecular complexity index is 441. The molecule has 0 aliphatic heterocycles. The van der Waals surface area contributed by atoms with Gasteiger partial charge >= 0.3 is 0 Å². The molecule has 0 saturated carbocycles. The molecular formula is C14H27N5O. The molecule has 1 amide bonds. The smallest absolute Gasteiger partial charge is 0.239 e. The molecule has 6 nitrogen and oxygen atoms in total. The fourth-order valence-corrected chi connectivity index (χ4v) is 2.31. The Morgan fingerprint density at radius 1 is 1.40 bits per heavy atom. The number of aryl methyl sites for hydroxylation is 2. The van der Waals surface area contributed by atoms with E-state index in [0.717, 1.165) is 36.6 Å². The molecule has 114 valence electrons. The summed E-state index contributed by atoms with van der Waals surface area (Å²) in [6, 6.07) is 0. The largest absolute Gasteiger partial charge is 0.355 e. The minimum absolute atomic E-state index is 0.0290. The highest BCUT2D eigenvalue weighted by molar-refractivity contribution is 5.81. The maximum absolute atomic E-state index is 11.7. The number of carbonyl (C=O) groups excluding carboxylic acids is 1. The lowest BCUT2D eigenvalue weighted by molar-refractivity contribution is -0.119. The highest BCUT2D eigenvalue weighted by Crippen LogP contribution is 2.21. The van der Waals surface area contributed by atoms with Gasteiger partial charge in [0.25, 0.3) is 0 Å². The molecule has 0 aromatic carbocycles. The van der Waals surface area contributed by atoms with Crippen LogP contribution in [0.15, 0.2) is 0 Å². The molecule has 0 bridgehead atoms. The number of nitrogens with one attached hydrogen (secondary N) is 2. The number of likely N-dealkylation sites (N-methyl/N-ethyl adjacent to an activating group) is 2. The zero-order valence-corrected chi connectivity index (χ0v) is 13.3. The van der Waals surface area contributed by atoms with Crippen molar-refractivity contribution in [3.8, 4) is 0 Å². The molecule has 1 rings (SSSR count). The molecule has 0 radical (unpaired) electrons. The zero-order chi connectivity index (χ0) is 15.1. The summed E-state index contributed by atoms with van der Waals surface area (Å²) in [4.78, 5) is 13.7. The number of hydrogen-bond donors (Lipinski definition) is 2. The third-order valence-electron chi connectivity index (χ3n) is 3.16. The molecule has 6 heteroatoms. The third-order valence-corrected chi connectivity index (χ3v) is 3.16. The van der Waals surface area contributed by atoms with Gasteiger partial charge in [0.05, 0.1) is 12.2 Å². The van der Waals surface area contributed by atoms with E-state index in [4.69, 9.17) is 0 Å². The Morgan fingerprint density at radius 2 is 2.10 bits per heavy atom. The van der Waals surface area contributed by atoms with E-state index < -0.39 is 0 Å². The first-order valence-electron chi connectivity index (χ1n) is 7.22. The third kappa shape index (κ3) is 4.23. The monoisotopic (exact) mass is 281 g/mol. The molecule has 0 unspecified atom stereocenters. The van der Waals surface area contributed by atoms with E-state index in [1.165, 1.54) is 0 Å². The Hall–Kier alpha value is -1.56. The topological polar surface area (TPSA) is 62.2 Å². The standard InChI is InChI=1S/C14H27N5O/c1-6-8-15-9-12-11(3)17-19(5)14(12)18(4)10-13(20)16-7-2/h15H,6-10H2,1-5H3,(H,16,20). The number of anilines is 1. The lowest BCUT2D eigenvalue weighted by Gasteiger charge is -2.20. The predicted molar refractivity (Wildman–Crippen MR) is 81.9 cm³/mol. The molecule has 0 atom stereocenters. The molecule has 0 saturated heterocycles. The molecule has 0 spiro atoms. The summed E-state index contributed by atoms with van der Waals surface area (Å²) in [6.07, 6.45) is 1.10. The Kier molecular flexibility index (Phi) is 6.51. The summed E-state index contributed by atoms with van der Waals surface area (Å²) >= 11 is 0. The van der Waals surface area contributed by atoms with Gasteiger partial charge in [-0.1, -0.05) is 6.92 Å². The van der Waals surface area contributed by atoms with Crippen LogP contribution in [0.25, 0.3) is 0 Å². The highest BCUT2D eigenvalue weighted by atomic mass is 16.2. The number of rotatable bonds is 8. The van der Waals surface area contributed by atoms with E-state index in [1.807, 2.05) is 37.5 Å². The summed E-state index contributed by atoms with van der Waals surface area (Å²) < 4.78 is 1.84. The van der Waals surface area contributed by atoms with Crippen molar-refractivity contribution < 1.29 is 4.79 Å².